The van der Waals surface area contributed by atoms with Gasteiger partial charge in [-0.1, -0.05) is 65.5 Å². The maximum atomic E-state index is 11.5. The van der Waals surface area contributed by atoms with Gasteiger partial charge in [-0.3, -0.25) is 4.79 Å². The Morgan fingerprint density at radius 2 is 1.84 bits per heavy atom. The number of allylic oxidation sites excluding steroid dienone is 1. The van der Waals surface area contributed by atoms with Gasteiger partial charge in [-0.15, -0.1) is 0 Å². The minimum absolute atomic E-state index is 0.115. The second-order valence-corrected chi connectivity index (χ2v) is 12.8. The molecule has 2 heteroatoms. The van der Waals surface area contributed by atoms with Crippen LogP contribution in [0.3, 0.4) is 0 Å². The van der Waals surface area contributed by atoms with Crippen molar-refractivity contribution in [2.45, 2.75) is 118 Å². The van der Waals surface area contributed by atoms with E-state index in [1.54, 1.807) is 12.5 Å². The molecule has 0 spiro atoms. The molecule has 4 aliphatic rings. The summed E-state index contributed by atoms with van der Waals surface area (Å²) < 4.78 is 5.61. The number of rotatable bonds is 6. The summed E-state index contributed by atoms with van der Waals surface area (Å²) in [6.07, 6.45) is 17.2. The fraction of sp³-hybridized carbons (Fsp3) is 0.897. The van der Waals surface area contributed by atoms with Gasteiger partial charge < -0.3 is 4.74 Å². The molecule has 4 rings (SSSR count). The first-order chi connectivity index (χ1) is 14.6. The summed E-state index contributed by atoms with van der Waals surface area (Å²) in [5, 5.41) is 0. The molecule has 2 nitrogen and oxygen atoms in total. The highest BCUT2D eigenvalue weighted by molar-refractivity contribution is 5.66. The summed E-state index contributed by atoms with van der Waals surface area (Å²) in [5.74, 6) is 5.19. The van der Waals surface area contributed by atoms with Gasteiger partial charge in [0.15, 0.2) is 0 Å². The number of hydrogen-bond acceptors (Lipinski definition) is 2. The molecular formula is C29H48O2. The number of ether oxygens (including phenoxy) is 1. The van der Waals surface area contributed by atoms with Crippen LogP contribution in [0.25, 0.3) is 0 Å². The molecule has 0 saturated heterocycles. The summed E-state index contributed by atoms with van der Waals surface area (Å²) in [6, 6.07) is 0. The van der Waals surface area contributed by atoms with Crippen LogP contribution in [-0.2, 0) is 9.53 Å². The second-order valence-electron chi connectivity index (χ2n) is 12.8. The Bertz CT molecular complexity index is 693. The van der Waals surface area contributed by atoms with Gasteiger partial charge in [0, 0.05) is 13.3 Å². The largest absolute Gasteiger partial charge is 0.462 e. The van der Waals surface area contributed by atoms with Crippen molar-refractivity contribution in [2.75, 3.05) is 0 Å². The zero-order valence-electron chi connectivity index (χ0n) is 21.2. The van der Waals surface area contributed by atoms with Crippen molar-refractivity contribution in [3.8, 4) is 0 Å². The molecule has 0 aliphatic heterocycles. The van der Waals surface area contributed by atoms with E-state index in [2.05, 4.69) is 40.7 Å². The molecule has 3 saturated carbocycles. The van der Waals surface area contributed by atoms with Crippen molar-refractivity contribution in [2.24, 2.45) is 46.3 Å². The lowest BCUT2D eigenvalue weighted by atomic mass is 9.47. The van der Waals surface area contributed by atoms with Gasteiger partial charge in [0.1, 0.15) is 6.10 Å². The van der Waals surface area contributed by atoms with Gasteiger partial charge in [-0.25, -0.2) is 0 Å². The fourth-order valence-corrected chi connectivity index (χ4v) is 8.99. The van der Waals surface area contributed by atoms with Crippen LogP contribution in [0.15, 0.2) is 11.6 Å². The topological polar surface area (TPSA) is 26.3 Å². The van der Waals surface area contributed by atoms with Crippen LogP contribution in [0.2, 0.25) is 0 Å². The van der Waals surface area contributed by atoms with Crippen LogP contribution in [0.4, 0.5) is 0 Å². The quantitative estimate of drug-likeness (QED) is 0.317. The van der Waals surface area contributed by atoms with E-state index in [0.29, 0.717) is 10.8 Å². The van der Waals surface area contributed by atoms with E-state index in [-0.39, 0.29) is 12.1 Å². The van der Waals surface area contributed by atoms with Crippen molar-refractivity contribution in [1.29, 1.82) is 0 Å². The van der Waals surface area contributed by atoms with Gasteiger partial charge in [-0.05, 0) is 91.3 Å². The van der Waals surface area contributed by atoms with E-state index >= 15 is 0 Å². The Balaban J connectivity index is 1.47. The van der Waals surface area contributed by atoms with E-state index in [0.717, 1.165) is 48.3 Å². The molecule has 3 fully saturated rings. The first-order valence-electron chi connectivity index (χ1n) is 13.5. The SMILES string of the molecule is CC(=O)O[C@@H]1CC[C@]2(C)C(=CC[C@H]3[C@H]4CC[C@@H]([C@H](C)CCCC(C)C)[C@@]4(C)CC[C@@H]32)C1. The number of esters is 1. The van der Waals surface area contributed by atoms with Crippen molar-refractivity contribution in [3.63, 3.8) is 0 Å². The molecule has 0 N–H and O–H groups in total. The van der Waals surface area contributed by atoms with E-state index in [9.17, 15) is 4.79 Å². The Morgan fingerprint density at radius 1 is 1.06 bits per heavy atom. The van der Waals surface area contributed by atoms with Gasteiger partial charge >= 0.3 is 5.97 Å². The average Bonchev–Trinajstić information content (AvgIpc) is 3.05. The van der Waals surface area contributed by atoms with Gasteiger partial charge in [0.2, 0.25) is 0 Å². The van der Waals surface area contributed by atoms with Crippen LogP contribution in [0.1, 0.15) is 112 Å². The lowest BCUT2D eigenvalue weighted by Crippen LogP contribution is -2.51. The van der Waals surface area contributed by atoms with Crippen molar-refractivity contribution < 1.29 is 9.53 Å². The highest BCUT2D eigenvalue weighted by atomic mass is 16.5. The minimum atomic E-state index is -0.115. The highest BCUT2D eigenvalue weighted by Crippen LogP contribution is 2.67. The summed E-state index contributed by atoms with van der Waals surface area (Å²) in [7, 11) is 0. The maximum Gasteiger partial charge on any atom is 0.302 e. The van der Waals surface area contributed by atoms with E-state index in [1.807, 2.05) is 0 Å². The van der Waals surface area contributed by atoms with Gasteiger partial charge in [-0.2, -0.15) is 0 Å². The zero-order chi connectivity index (χ0) is 22.4. The lowest BCUT2D eigenvalue weighted by molar-refractivity contribution is -0.148. The summed E-state index contributed by atoms with van der Waals surface area (Å²) in [6.45, 7) is 14.1. The fourth-order valence-electron chi connectivity index (χ4n) is 8.99. The molecule has 0 bridgehead atoms. The molecule has 4 aliphatic carbocycles. The average molecular weight is 429 g/mol. The molecule has 0 heterocycles. The molecule has 0 unspecified atom stereocenters. The first kappa shape index (κ1) is 23.4. The Kier molecular flexibility index (Phi) is 6.68. The number of fused-ring (bicyclic) bond motifs is 5. The Morgan fingerprint density at radius 3 is 2.55 bits per heavy atom. The number of carbonyl (C=O) groups is 1. The predicted octanol–water partition coefficient (Wildman–Crippen LogP) is 7.96. The normalized spacial score (nSPS) is 42.9. The molecule has 8 atom stereocenters. The maximum absolute atomic E-state index is 11.5. The molecule has 0 aromatic carbocycles. The molecule has 0 aromatic rings. The van der Waals surface area contributed by atoms with Crippen molar-refractivity contribution in [3.05, 3.63) is 11.6 Å². The van der Waals surface area contributed by atoms with Crippen LogP contribution in [-0.4, -0.2) is 12.1 Å². The second kappa shape index (κ2) is 8.86. The summed E-state index contributed by atoms with van der Waals surface area (Å²) in [4.78, 5) is 11.5. The van der Waals surface area contributed by atoms with Crippen LogP contribution < -0.4 is 0 Å². The number of carbonyl (C=O) groups excluding carboxylic acids is 1. The Hall–Kier alpha value is -0.790. The predicted molar refractivity (Wildman–Crippen MR) is 129 cm³/mol. The van der Waals surface area contributed by atoms with Crippen molar-refractivity contribution >= 4 is 5.97 Å². The monoisotopic (exact) mass is 428 g/mol. The molecule has 31 heavy (non-hydrogen) atoms. The highest BCUT2D eigenvalue weighted by Gasteiger charge is 2.59. The summed E-state index contributed by atoms with van der Waals surface area (Å²) >= 11 is 0. The van der Waals surface area contributed by atoms with Gasteiger partial charge in [0.05, 0.1) is 0 Å². The Labute approximate surface area is 192 Å². The number of hydrogen-bond donors (Lipinski definition) is 0. The van der Waals surface area contributed by atoms with E-state index in [4.69, 9.17) is 4.74 Å². The van der Waals surface area contributed by atoms with Crippen LogP contribution in [0.5, 0.6) is 0 Å². The van der Waals surface area contributed by atoms with E-state index in [1.165, 1.54) is 57.8 Å². The van der Waals surface area contributed by atoms with Crippen LogP contribution in [0, 0.1) is 46.3 Å². The third kappa shape index (κ3) is 4.26. The van der Waals surface area contributed by atoms with Gasteiger partial charge in [0.25, 0.3) is 0 Å². The molecule has 0 radical (unpaired) electrons. The van der Waals surface area contributed by atoms with Crippen molar-refractivity contribution in [1.82, 2.24) is 0 Å². The zero-order valence-corrected chi connectivity index (χ0v) is 21.2. The molecule has 0 aromatic heterocycles. The van der Waals surface area contributed by atoms with Crippen LogP contribution >= 0.6 is 0 Å². The molecular weight excluding hydrogens is 380 g/mol. The summed E-state index contributed by atoms with van der Waals surface area (Å²) in [5.41, 5.74) is 2.53. The molecule has 0 amide bonds. The standard InChI is InChI=1S/C29H48O2/c1-19(2)8-7-9-20(3)25-12-13-26-24-11-10-22-18-23(31-21(4)30)14-16-28(22,5)27(24)15-17-29(25,26)6/h10,19-20,23-27H,7-9,11-18H2,1-6H3/t20-,23-,24+,25+,26-,27+,28-,29-/m1/s1. The first-order valence-corrected chi connectivity index (χ1v) is 13.5. The third-order valence-corrected chi connectivity index (χ3v) is 10.6. The smallest absolute Gasteiger partial charge is 0.302 e. The third-order valence-electron chi connectivity index (χ3n) is 10.6. The lowest BCUT2D eigenvalue weighted by Gasteiger charge is -2.58. The molecule has 176 valence electrons. The van der Waals surface area contributed by atoms with E-state index < -0.39 is 0 Å². The minimum Gasteiger partial charge on any atom is -0.462 e.